The molecule has 0 radical (unpaired) electrons. The summed E-state index contributed by atoms with van der Waals surface area (Å²) in [6, 6.07) is 10.0. The molecule has 0 unspecified atom stereocenters. The van der Waals surface area contributed by atoms with Gasteiger partial charge in [-0.25, -0.2) is 4.39 Å². The van der Waals surface area contributed by atoms with Gasteiger partial charge in [-0.2, -0.15) is 0 Å². The average Bonchev–Trinajstić information content (AvgIpc) is 2.47. The zero-order chi connectivity index (χ0) is 15.4. The molecule has 2 aromatic carbocycles. The Hall–Kier alpha value is -1.92. The molecule has 21 heavy (non-hydrogen) atoms. The predicted octanol–water partition coefficient (Wildman–Crippen LogP) is 3.32. The number of benzene rings is 2. The number of halogens is 3. The summed E-state index contributed by atoms with van der Waals surface area (Å²) in [5.74, 6) is -1.97. The normalized spacial score (nSPS) is 10.0. The quantitative estimate of drug-likeness (QED) is 0.796. The molecular weight excluding hydrogens is 363 g/mol. The van der Waals surface area contributed by atoms with Crippen molar-refractivity contribution in [2.45, 2.75) is 0 Å². The van der Waals surface area contributed by atoms with E-state index in [2.05, 4.69) is 26.8 Å². The summed E-state index contributed by atoms with van der Waals surface area (Å²) in [6.07, 6.45) is 0. The van der Waals surface area contributed by atoms with E-state index in [0.29, 0.717) is 15.1 Å². The van der Waals surface area contributed by atoms with Crippen molar-refractivity contribution in [2.24, 2.45) is 0 Å². The molecule has 0 fully saturated rings. The summed E-state index contributed by atoms with van der Waals surface area (Å²) in [6.45, 7) is 0. The second kappa shape index (κ2) is 6.69. The zero-order valence-corrected chi connectivity index (χ0v) is 12.8. The lowest BCUT2D eigenvalue weighted by molar-refractivity contribution is 0.0844. The van der Waals surface area contributed by atoms with Crippen LogP contribution in [0.5, 0.6) is 0 Å². The lowest BCUT2D eigenvalue weighted by atomic mass is 10.2. The molecule has 0 aliphatic rings. The average molecular weight is 372 g/mol. The summed E-state index contributed by atoms with van der Waals surface area (Å²) >= 11 is 8.85. The Morgan fingerprint density at radius 1 is 1.00 bits per heavy atom. The maximum atomic E-state index is 13.5. The highest BCUT2D eigenvalue weighted by molar-refractivity contribution is 9.10. The molecule has 0 heterocycles. The van der Waals surface area contributed by atoms with Gasteiger partial charge in [-0.3, -0.25) is 20.4 Å². The summed E-state index contributed by atoms with van der Waals surface area (Å²) < 4.78 is 14.1. The van der Waals surface area contributed by atoms with Gasteiger partial charge < -0.3 is 0 Å². The molecule has 0 saturated heterocycles. The molecule has 2 amide bonds. The second-order valence-corrected chi connectivity index (χ2v) is 5.39. The van der Waals surface area contributed by atoms with Crippen LogP contribution < -0.4 is 10.9 Å². The Bertz CT molecular complexity index is 692. The van der Waals surface area contributed by atoms with Crippen LogP contribution in [-0.2, 0) is 0 Å². The monoisotopic (exact) mass is 370 g/mol. The van der Waals surface area contributed by atoms with E-state index in [4.69, 9.17) is 11.6 Å². The predicted molar refractivity (Wildman–Crippen MR) is 80.5 cm³/mol. The third-order valence-corrected chi connectivity index (χ3v) is 3.31. The van der Waals surface area contributed by atoms with E-state index >= 15 is 0 Å². The van der Waals surface area contributed by atoms with Crippen LogP contribution in [0.2, 0.25) is 5.02 Å². The standard InChI is InChI=1S/C14H9BrClFN2O2/c15-9-3-6-12(17)11(7-9)14(21)19-18-13(20)8-1-4-10(16)5-2-8/h1-7H,(H,18,20)(H,19,21). The number of hydrogen-bond donors (Lipinski definition) is 2. The van der Waals surface area contributed by atoms with Gasteiger partial charge in [0.15, 0.2) is 0 Å². The minimum Gasteiger partial charge on any atom is -0.267 e. The SMILES string of the molecule is O=C(NNC(=O)c1cc(Br)ccc1F)c1ccc(Cl)cc1. The fraction of sp³-hybridized carbons (Fsp3) is 0. The lowest BCUT2D eigenvalue weighted by Gasteiger charge is -2.08. The van der Waals surface area contributed by atoms with Crippen molar-refractivity contribution >= 4 is 39.3 Å². The van der Waals surface area contributed by atoms with E-state index in [0.717, 1.165) is 6.07 Å². The molecule has 0 aliphatic carbocycles. The highest BCUT2D eigenvalue weighted by Gasteiger charge is 2.13. The van der Waals surface area contributed by atoms with E-state index in [1.165, 1.54) is 24.3 Å². The fourth-order valence-corrected chi connectivity index (χ4v) is 2.01. The summed E-state index contributed by atoms with van der Waals surface area (Å²) in [5, 5.41) is 0.492. The van der Waals surface area contributed by atoms with E-state index < -0.39 is 17.6 Å². The van der Waals surface area contributed by atoms with E-state index in [1.807, 2.05) is 0 Å². The first-order valence-corrected chi connectivity index (χ1v) is 6.96. The van der Waals surface area contributed by atoms with E-state index in [9.17, 15) is 14.0 Å². The molecule has 108 valence electrons. The molecule has 0 saturated carbocycles. The second-order valence-electron chi connectivity index (χ2n) is 4.04. The van der Waals surface area contributed by atoms with Crippen LogP contribution in [0.25, 0.3) is 0 Å². The van der Waals surface area contributed by atoms with Gasteiger partial charge >= 0.3 is 0 Å². The number of amides is 2. The van der Waals surface area contributed by atoms with E-state index in [-0.39, 0.29) is 5.56 Å². The molecule has 7 heteroatoms. The van der Waals surface area contributed by atoms with Crippen molar-refractivity contribution in [3.05, 3.63) is 68.9 Å². The van der Waals surface area contributed by atoms with Crippen molar-refractivity contribution < 1.29 is 14.0 Å². The van der Waals surface area contributed by atoms with Crippen LogP contribution in [-0.4, -0.2) is 11.8 Å². The topological polar surface area (TPSA) is 58.2 Å². The lowest BCUT2D eigenvalue weighted by Crippen LogP contribution is -2.41. The maximum Gasteiger partial charge on any atom is 0.272 e. The van der Waals surface area contributed by atoms with Gasteiger partial charge in [-0.15, -0.1) is 0 Å². The van der Waals surface area contributed by atoms with Crippen LogP contribution in [0.3, 0.4) is 0 Å². The third-order valence-electron chi connectivity index (χ3n) is 2.57. The molecule has 0 aromatic heterocycles. The van der Waals surface area contributed by atoms with Crippen molar-refractivity contribution in [3.8, 4) is 0 Å². The van der Waals surface area contributed by atoms with Crippen molar-refractivity contribution in [1.29, 1.82) is 0 Å². The minimum absolute atomic E-state index is 0.180. The Kier molecular flexibility index (Phi) is 4.93. The van der Waals surface area contributed by atoms with Crippen molar-refractivity contribution in [2.75, 3.05) is 0 Å². The summed E-state index contributed by atoms with van der Waals surface area (Å²) in [4.78, 5) is 23.6. The highest BCUT2D eigenvalue weighted by Crippen LogP contribution is 2.15. The fourth-order valence-electron chi connectivity index (χ4n) is 1.53. The molecule has 2 aromatic rings. The molecule has 2 rings (SSSR count). The molecule has 0 aliphatic heterocycles. The Morgan fingerprint density at radius 2 is 1.62 bits per heavy atom. The molecule has 0 atom stereocenters. The number of hydrazine groups is 1. The minimum atomic E-state index is -0.754. The summed E-state index contributed by atoms with van der Waals surface area (Å²) in [5.41, 5.74) is 4.48. The van der Waals surface area contributed by atoms with Crippen LogP contribution in [0, 0.1) is 5.82 Å². The van der Waals surface area contributed by atoms with Crippen LogP contribution in [0.1, 0.15) is 20.7 Å². The van der Waals surface area contributed by atoms with Gasteiger partial charge in [0.2, 0.25) is 0 Å². The number of carbonyl (C=O) groups is 2. The third kappa shape index (κ3) is 4.03. The van der Waals surface area contributed by atoms with Gasteiger partial charge in [0.1, 0.15) is 5.82 Å². The van der Waals surface area contributed by atoms with Gasteiger partial charge in [-0.05, 0) is 42.5 Å². The van der Waals surface area contributed by atoms with Crippen LogP contribution in [0.15, 0.2) is 46.9 Å². The number of hydrogen-bond acceptors (Lipinski definition) is 2. The molecule has 4 nitrogen and oxygen atoms in total. The summed E-state index contributed by atoms with van der Waals surface area (Å²) in [7, 11) is 0. The molecule has 2 N–H and O–H groups in total. The largest absolute Gasteiger partial charge is 0.272 e. The first-order chi connectivity index (χ1) is 9.97. The zero-order valence-electron chi connectivity index (χ0n) is 10.5. The van der Waals surface area contributed by atoms with Crippen molar-refractivity contribution in [3.63, 3.8) is 0 Å². The van der Waals surface area contributed by atoms with Gasteiger partial charge in [-0.1, -0.05) is 27.5 Å². The van der Waals surface area contributed by atoms with Gasteiger partial charge in [0, 0.05) is 15.1 Å². The highest BCUT2D eigenvalue weighted by atomic mass is 79.9. The van der Waals surface area contributed by atoms with Crippen LogP contribution >= 0.6 is 27.5 Å². The van der Waals surface area contributed by atoms with Gasteiger partial charge in [0.05, 0.1) is 5.56 Å². The maximum absolute atomic E-state index is 13.5. The first-order valence-electron chi connectivity index (χ1n) is 5.78. The first kappa shape index (κ1) is 15.5. The van der Waals surface area contributed by atoms with Gasteiger partial charge in [0.25, 0.3) is 11.8 Å². The van der Waals surface area contributed by atoms with E-state index in [1.54, 1.807) is 12.1 Å². The number of carbonyl (C=O) groups excluding carboxylic acids is 2. The Balaban J connectivity index is 2.02. The Morgan fingerprint density at radius 3 is 2.29 bits per heavy atom. The molecule has 0 bridgehead atoms. The molecule has 0 spiro atoms. The Labute approximate surface area is 133 Å². The van der Waals surface area contributed by atoms with Crippen LogP contribution in [0.4, 0.5) is 4.39 Å². The number of nitrogens with one attached hydrogen (secondary N) is 2. The molecular formula is C14H9BrClFN2O2. The number of rotatable bonds is 2. The smallest absolute Gasteiger partial charge is 0.267 e. The van der Waals surface area contributed by atoms with Crippen molar-refractivity contribution in [1.82, 2.24) is 10.9 Å².